The molecule has 1 aliphatic rings. The quantitative estimate of drug-likeness (QED) is 0.687. The minimum atomic E-state index is -0.0704. The van der Waals surface area contributed by atoms with Crippen molar-refractivity contribution < 1.29 is 4.79 Å². The van der Waals surface area contributed by atoms with Gasteiger partial charge in [-0.05, 0) is 26.2 Å². The van der Waals surface area contributed by atoms with Crippen LogP contribution in [0.1, 0.15) is 72.1 Å². The first-order valence-corrected chi connectivity index (χ1v) is 6.89. The van der Waals surface area contributed by atoms with Crippen LogP contribution in [-0.4, -0.2) is 11.9 Å². The monoisotopic (exact) mass is 225 g/mol. The third kappa shape index (κ3) is 3.80. The Hall–Kier alpha value is -0.530. The van der Waals surface area contributed by atoms with Gasteiger partial charge in [-0.15, -0.1) is 0 Å². The number of amides is 1. The maximum atomic E-state index is 12.1. The summed E-state index contributed by atoms with van der Waals surface area (Å²) < 4.78 is 0. The zero-order chi connectivity index (χ0) is 12.0. The van der Waals surface area contributed by atoms with Crippen molar-refractivity contribution in [3.8, 4) is 0 Å². The molecule has 1 amide bonds. The van der Waals surface area contributed by atoms with Crippen molar-refractivity contribution in [2.75, 3.05) is 0 Å². The first-order valence-electron chi connectivity index (χ1n) is 6.89. The van der Waals surface area contributed by atoms with Gasteiger partial charge in [-0.3, -0.25) is 4.79 Å². The summed E-state index contributed by atoms with van der Waals surface area (Å²) in [5, 5.41) is 3.18. The molecule has 16 heavy (non-hydrogen) atoms. The van der Waals surface area contributed by atoms with Crippen LogP contribution in [0.3, 0.4) is 0 Å². The molecule has 0 bridgehead atoms. The molecular formula is C14H27NO. The van der Waals surface area contributed by atoms with Gasteiger partial charge < -0.3 is 5.32 Å². The van der Waals surface area contributed by atoms with E-state index in [1.165, 1.54) is 32.1 Å². The normalized spacial score (nSPS) is 20.7. The average Bonchev–Trinajstić information content (AvgIpc) is 2.67. The van der Waals surface area contributed by atoms with E-state index in [9.17, 15) is 4.79 Å². The predicted molar refractivity (Wildman–Crippen MR) is 68.3 cm³/mol. The predicted octanol–water partition coefficient (Wildman–Crippen LogP) is 3.65. The van der Waals surface area contributed by atoms with Gasteiger partial charge in [-0.25, -0.2) is 0 Å². The summed E-state index contributed by atoms with van der Waals surface area (Å²) in [6.45, 7) is 6.46. The molecule has 1 aliphatic carbocycles. The van der Waals surface area contributed by atoms with E-state index in [0.29, 0.717) is 6.04 Å². The van der Waals surface area contributed by atoms with Gasteiger partial charge in [-0.1, -0.05) is 46.0 Å². The third-order valence-electron chi connectivity index (χ3n) is 3.87. The van der Waals surface area contributed by atoms with Gasteiger partial charge in [-0.2, -0.15) is 0 Å². The fourth-order valence-electron chi connectivity index (χ4n) is 2.55. The first kappa shape index (κ1) is 13.5. The molecule has 0 aromatic rings. The van der Waals surface area contributed by atoms with Crippen LogP contribution in [0.15, 0.2) is 0 Å². The lowest BCUT2D eigenvalue weighted by Crippen LogP contribution is -2.41. The van der Waals surface area contributed by atoms with Crippen molar-refractivity contribution >= 4 is 5.91 Å². The second kappa shape index (κ2) is 6.27. The highest BCUT2D eigenvalue weighted by atomic mass is 16.2. The fraction of sp³-hybridized carbons (Fsp3) is 0.929. The summed E-state index contributed by atoms with van der Waals surface area (Å²) in [7, 11) is 0. The van der Waals surface area contributed by atoms with E-state index in [4.69, 9.17) is 0 Å². The van der Waals surface area contributed by atoms with E-state index in [2.05, 4.69) is 26.1 Å². The van der Waals surface area contributed by atoms with Gasteiger partial charge in [0.1, 0.15) is 0 Å². The van der Waals surface area contributed by atoms with Crippen molar-refractivity contribution in [3.63, 3.8) is 0 Å². The van der Waals surface area contributed by atoms with Gasteiger partial charge >= 0.3 is 0 Å². The minimum absolute atomic E-state index is 0.0704. The lowest BCUT2D eigenvalue weighted by Gasteiger charge is -2.25. The van der Waals surface area contributed by atoms with E-state index < -0.39 is 0 Å². The molecule has 0 radical (unpaired) electrons. The van der Waals surface area contributed by atoms with Crippen molar-refractivity contribution in [3.05, 3.63) is 0 Å². The Labute approximate surface area is 100 Å². The average molecular weight is 225 g/mol. The van der Waals surface area contributed by atoms with E-state index in [1.54, 1.807) is 0 Å². The Kier molecular flexibility index (Phi) is 5.30. The molecule has 0 aromatic heterocycles. The number of carbonyl (C=O) groups is 1. The zero-order valence-electron chi connectivity index (χ0n) is 11.1. The van der Waals surface area contributed by atoms with Crippen LogP contribution >= 0.6 is 0 Å². The van der Waals surface area contributed by atoms with Crippen LogP contribution in [0.25, 0.3) is 0 Å². The Bertz CT molecular complexity index is 219. The summed E-state index contributed by atoms with van der Waals surface area (Å²) in [5.74, 6) is 0.286. The molecule has 2 heteroatoms. The van der Waals surface area contributed by atoms with Crippen LogP contribution in [0, 0.1) is 5.41 Å². The van der Waals surface area contributed by atoms with Crippen molar-refractivity contribution in [2.24, 2.45) is 5.41 Å². The van der Waals surface area contributed by atoms with Crippen LogP contribution in [0.5, 0.6) is 0 Å². The molecule has 0 heterocycles. The molecule has 1 N–H and O–H groups in total. The molecule has 1 rings (SSSR count). The number of hydrogen-bond donors (Lipinski definition) is 1. The Morgan fingerprint density at radius 3 is 2.50 bits per heavy atom. The lowest BCUT2D eigenvalue weighted by molar-refractivity contribution is -0.130. The van der Waals surface area contributed by atoms with Gasteiger partial charge in [0.05, 0.1) is 0 Å². The minimum Gasteiger partial charge on any atom is -0.353 e. The Morgan fingerprint density at radius 1 is 1.31 bits per heavy atom. The van der Waals surface area contributed by atoms with E-state index >= 15 is 0 Å². The maximum absolute atomic E-state index is 12.1. The van der Waals surface area contributed by atoms with Crippen LogP contribution in [-0.2, 0) is 4.79 Å². The van der Waals surface area contributed by atoms with Crippen molar-refractivity contribution in [2.45, 2.75) is 78.2 Å². The topological polar surface area (TPSA) is 29.1 Å². The molecule has 0 unspecified atom stereocenters. The van der Waals surface area contributed by atoms with Crippen LogP contribution in [0.2, 0.25) is 0 Å². The highest BCUT2D eigenvalue weighted by Crippen LogP contribution is 2.37. The molecule has 2 nitrogen and oxygen atoms in total. The SMILES string of the molecule is CCCCC[C@@H](C)NC(=O)C1(C)CCCC1. The summed E-state index contributed by atoms with van der Waals surface area (Å²) in [4.78, 5) is 12.1. The fourth-order valence-corrected chi connectivity index (χ4v) is 2.55. The number of hydrogen-bond acceptors (Lipinski definition) is 1. The standard InChI is InChI=1S/C14H27NO/c1-4-5-6-9-12(2)15-13(16)14(3)10-7-8-11-14/h12H,4-11H2,1-3H3,(H,15,16)/t12-/m1/s1. The summed E-state index contributed by atoms with van der Waals surface area (Å²) in [6.07, 6.45) is 9.45. The molecule has 1 fully saturated rings. The van der Waals surface area contributed by atoms with E-state index in [-0.39, 0.29) is 11.3 Å². The summed E-state index contributed by atoms with van der Waals surface area (Å²) >= 11 is 0. The number of nitrogens with one attached hydrogen (secondary N) is 1. The first-order chi connectivity index (χ1) is 7.58. The molecule has 1 saturated carbocycles. The zero-order valence-corrected chi connectivity index (χ0v) is 11.1. The van der Waals surface area contributed by atoms with E-state index in [0.717, 1.165) is 19.3 Å². The highest BCUT2D eigenvalue weighted by molar-refractivity contribution is 5.82. The smallest absolute Gasteiger partial charge is 0.226 e. The Morgan fingerprint density at radius 2 is 1.94 bits per heavy atom. The van der Waals surface area contributed by atoms with Crippen molar-refractivity contribution in [1.82, 2.24) is 5.32 Å². The number of rotatable bonds is 6. The van der Waals surface area contributed by atoms with E-state index in [1.807, 2.05) is 0 Å². The second-order valence-electron chi connectivity index (χ2n) is 5.64. The molecule has 1 atom stereocenters. The number of carbonyl (C=O) groups excluding carboxylic acids is 1. The van der Waals surface area contributed by atoms with Crippen molar-refractivity contribution in [1.29, 1.82) is 0 Å². The molecule has 0 aliphatic heterocycles. The number of unbranched alkanes of at least 4 members (excludes halogenated alkanes) is 2. The third-order valence-corrected chi connectivity index (χ3v) is 3.87. The lowest BCUT2D eigenvalue weighted by atomic mass is 9.87. The van der Waals surface area contributed by atoms with Gasteiger partial charge in [0.2, 0.25) is 5.91 Å². The van der Waals surface area contributed by atoms with Gasteiger partial charge in [0, 0.05) is 11.5 Å². The Balaban J connectivity index is 2.27. The molecular weight excluding hydrogens is 198 g/mol. The second-order valence-corrected chi connectivity index (χ2v) is 5.64. The summed E-state index contributed by atoms with van der Waals surface area (Å²) in [5.41, 5.74) is -0.0704. The summed E-state index contributed by atoms with van der Waals surface area (Å²) in [6, 6.07) is 0.344. The van der Waals surface area contributed by atoms with Crippen LogP contribution in [0.4, 0.5) is 0 Å². The van der Waals surface area contributed by atoms with Gasteiger partial charge in [0.15, 0.2) is 0 Å². The molecule has 0 saturated heterocycles. The van der Waals surface area contributed by atoms with Gasteiger partial charge in [0.25, 0.3) is 0 Å². The highest BCUT2D eigenvalue weighted by Gasteiger charge is 2.36. The molecule has 0 spiro atoms. The largest absolute Gasteiger partial charge is 0.353 e. The molecule has 94 valence electrons. The van der Waals surface area contributed by atoms with Crippen LogP contribution < -0.4 is 5.32 Å². The molecule has 0 aromatic carbocycles. The maximum Gasteiger partial charge on any atom is 0.226 e.